The van der Waals surface area contributed by atoms with Crippen LogP contribution in [-0.4, -0.2) is 11.8 Å². The molecule has 3 rings (SSSR count). The monoisotopic (exact) mass is 309 g/mol. The van der Waals surface area contributed by atoms with Gasteiger partial charge in [-0.25, -0.2) is 0 Å². The second-order valence-electron chi connectivity index (χ2n) is 7.00. The molecule has 2 unspecified atom stereocenters. The molecule has 1 fully saturated rings. The number of rotatable bonds is 2. The molecule has 0 bridgehead atoms. The van der Waals surface area contributed by atoms with E-state index < -0.39 is 0 Å². The summed E-state index contributed by atoms with van der Waals surface area (Å²) in [5.41, 5.74) is 1.91. The first-order chi connectivity index (χ1) is 9.53. The van der Waals surface area contributed by atoms with Crippen LogP contribution in [0.25, 0.3) is 0 Å². The number of thioether (sulfide) groups is 1. The fourth-order valence-corrected chi connectivity index (χ4v) is 4.95. The molecule has 1 aromatic carbocycles. The van der Waals surface area contributed by atoms with Gasteiger partial charge in [-0.3, -0.25) is 0 Å². The van der Waals surface area contributed by atoms with E-state index in [0.29, 0.717) is 17.5 Å². The average Bonchev–Trinajstić information content (AvgIpc) is 2.38. The molecule has 0 saturated heterocycles. The van der Waals surface area contributed by atoms with Crippen LogP contribution in [0.2, 0.25) is 5.02 Å². The quantitative estimate of drug-likeness (QED) is 0.781. The van der Waals surface area contributed by atoms with Gasteiger partial charge in [0.15, 0.2) is 0 Å². The predicted octanol–water partition coefficient (Wildman–Crippen LogP) is 5.44. The Kier molecular flexibility index (Phi) is 4.35. The molecule has 0 spiro atoms. The Morgan fingerprint density at radius 3 is 2.95 bits per heavy atom. The molecule has 1 heterocycles. The predicted molar refractivity (Wildman–Crippen MR) is 88.7 cm³/mol. The number of fused-ring (bicyclic) bond motifs is 1. The van der Waals surface area contributed by atoms with Crippen LogP contribution in [0.5, 0.6) is 0 Å². The topological polar surface area (TPSA) is 12.0 Å². The number of hydrogen-bond donors (Lipinski definition) is 1. The summed E-state index contributed by atoms with van der Waals surface area (Å²) in [6.45, 7) is 4.81. The Balaban J connectivity index is 1.74. The maximum Gasteiger partial charge on any atom is 0.0410 e. The lowest BCUT2D eigenvalue weighted by molar-refractivity contribution is 0.187. The van der Waals surface area contributed by atoms with E-state index in [4.69, 9.17) is 11.6 Å². The van der Waals surface area contributed by atoms with Crippen LogP contribution in [0.3, 0.4) is 0 Å². The van der Waals surface area contributed by atoms with E-state index in [9.17, 15) is 0 Å². The van der Waals surface area contributed by atoms with E-state index in [1.54, 1.807) is 0 Å². The lowest BCUT2D eigenvalue weighted by atomic mass is 9.75. The molecule has 1 N–H and O–H groups in total. The molecule has 1 aromatic rings. The van der Waals surface area contributed by atoms with Gasteiger partial charge in [0.25, 0.3) is 0 Å². The first kappa shape index (κ1) is 14.7. The van der Waals surface area contributed by atoms with E-state index >= 15 is 0 Å². The summed E-state index contributed by atoms with van der Waals surface area (Å²) in [5, 5.41) is 4.79. The van der Waals surface area contributed by atoms with Crippen molar-refractivity contribution < 1.29 is 0 Å². The van der Waals surface area contributed by atoms with Crippen molar-refractivity contribution in [1.29, 1.82) is 0 Å². The SMILES string of the molecule is CC1(C)CCCC(NC2CCSc3ccc(Cl)cc32)C1. The van der Waals surface area contributed by atoms with Crippen molar-refractivity contribution in [2.75, 3.05) is 5.75 Å². The Bertz CT molecular complexity index is 486. The first-order valence-corrected chi connectivity index (χ1v) is 9.08. The second kappa shape index (κ2) is 5.90. The number of halogens is 1. The van der Waals surface area contributed by atoms with Crippen molar-refractivity contribution in [3.05, 3.63) is 28.8 Å². The lowest BCUT2D eigenvalue weighted by Gasteiger charge is -2.38. The minimum atomic E-state index is 0.490. The fourth-order valence-electron chi connectivity index (χ4n) is 3.66. The smallest absolute Gasteiger partial charge is 0.0410 e. The molecule has 1 aliphatic carbocycles. The maximum absolute atomic E-state index is 6.19. The van der Waals surface area contributed by atoms with Gasteiger partial charge in [0.1, 0.15) is 0 Å². The summed E-state index contributed by atoms with van der Waals surface area (Å²) in [6.07, 6.45) is 6.56. The van der Waals surface area contributed by atoms with Crippen molar-refractivity contribution >= 4 is 23.4 Å². The van der Waals surface area contributed by atoms with Crippen LogP contribution in [0.4, 0.5) is 0 Å². The van der Waals surface area contributed by atoms with Crippen LogP contribution in [0.15, 0.2) is 23.1 Å². The zero-order valence-corrected chi connectivity index (χ0v) is 14.0. The molecule has 2 aliphatic rings. The lowest BCUT2D eigenvalue weighted by Crippen LogP contribution is -2.40. The standard InChI is InChI=1S/C17H24ClNS/c1-17(2)8-3-4-13(11-17)19-15-7-9-20-16-6-5-12(18)10-14(15)16/h5-6,10,13,15,19H,3-4,7-9,11H2,1-2H3. The van der Waals surface area contributed by atoms with Crippen molar-refractivity contribution in [3.63, 3.8) is 0 Å². The van der Waals surface area contributed by atoms with Crippen molar-refractivity contribution in [2.45, 2.75) is 62.9 Å². The highest BCUT2D eigenvalue weighted by molar-refractivity contribution is 7.99. The van der Waals surface area contributed by atoms with E-state index in [1.165, 1.54) is 48.3 Å². The molecule has 3 heteroatoms. The third kappa shape index (κ3) is 3.35. The van der Waals surface area contributed by atoms with Crippen molar-refractivity contribution in [1.82, 2.24) is 5.32 Å². The van der Waals surface area contributed by atoms with Gasteiger partial charge in [0, 0.05) is 22.0 Å². The second-order valence-corrected chi connectivity index (χ2v) is 8.57. The normalized spacial score (nSPS) is 28.9. The summed E-state index contributed by atoms with van der Waals surface area (Å²) < 4.78 is 0. The molecular formula is C17H24ClNS. The summed E-state index contributed by atoms with van der Waals surface area (Å²) in [4.78, 5) is 1.41. The zero-order valence-electron chi connectivity index (χ0n) is 12.4. The van der Waals surface area contributed by atoms with Gasteiger partial charge in [-0.15, -0.1) is 11.8 Å². The molecule has 0 amide bonds. The van der Waals surface area contributed by atoms with Gasteiger partial charge in [0.05, 0.1) is 0 Å². The van der Waals surface area contributed by atoms with Gasteiger partial charge in [-0.05, 0) is 60.6 Å². The van der Waals surface area contributed by atoms with Crippen molar-refractivity contribution in [2.24, 2.45) is 5.41 Å². The minimum Gasteiger partial charge on any atom is -0.307 e. The van der Waals surface area contributed by atoms with Gasteiger partial charge in [0.2, 0.25) is 0 Å². The molecule has 2 atom stereocenters. The molecule has 1 nitrogen and oxygen atoms in total. The van der Waals surface area contributed by atoms with E-state index in [2.05, 4.69) is 31.3 Å². The Hall–Kier alpha value is -0.180. The van der Waals surface area contributed by atoms with Gasteiger partial charge in [-0.2, -0.15) is 0 Å². The number of nitrogens with one attached hydrogen (secondary N) is 1. The van der Waals surface area contributed by atoms with Gasteiger partial charge >= 0.3 is 0 Å². The largest absolute Gasteiger partial charge is 0.307 e. The summed E-state index contributed by atoms with van der Waals surface area (Å²) in [7, 11) is 0. The summed E-state index contributed by atoms with van der Waals surface area (Å²) in [6, 6.07) is 7.51. The van der Waals surface area contributed by atoms with E-state index in [1.807, 2.05) is 17.8 Å². The molecule has 110 valence electrons. The first-order valence-electron chi connectivity index (χ1n) is 7.72. The number of hydrogen-bond acceptors (Lipinski definition) is 2. The van der Waals surface area contributed by atoms with Crippen LogP contribution in [-0.2, 0) is 0 Å². The van der Waals surface area contributed by atoms with Crippen LogP contribution >= 0.6 is 23.4 Å². The van der Waals surface area contributed by atoms with Crippen LogP contribution < -0.4 is 5.32 Å². The number of benzene rings is 1. The fraction of sp³-hybridized carbons (Fsp3) is 0.647. The van der Waals surface area contributed by atoms with Gasteiger partial charge < -0.3 is 5.32 Å². The van der Waals surface area contributed by atoms with E-state index in [0.717, 1.165) is 5.02 Å². The molecular weight excluding hydrogens is 286 g/mol. The van der Waals surface area contributed by atoms with Crippen LogP contribution in [0, 0.1) is 5.41 Å². The molecule has 1 aliphatic heterocycles. The molecule has 20 heavy (non-hydrogen) atoms. The zero-order chi connectivity index (χ0) is 14.2. The minimum absolute atomic E-state index is 0.490. The Labute approximate surface area is 131 Å². The van der Waals surface area contributed by atoms with Crippen LogP contribution in [0.1, 0.15) is 57.6 Å². The highest BCUT2D eigenvalue weighted by Crippen LogP contribution is 2.40. The van der Waals surface area contributed by atoms with E-state index in [-0.39, 0.29) is 0 Å². The highest BCUT2D eigenvalue weighted by atomic mass is 35.5. The summed E-state index contributed by atoms with van der Waals surface area (Å²) in [5.74, 6) is 1.21. The maximum atomic E-state index is 6.19. The molecule has 0 radical (unpaired) electrons. The van der Waals surface area contributed by atoms with Gasteiger partial charge in [-0.1, -0.05) is 31.9 Å². The molecule has 0 aromatic heterocycles. The Morgan fingerprint density at radius 1 is 1.30 bits per heavy atom. The highest BCUT2D eigenvalue weighted by Gasteiger charge is 2.30. The third-order valence-electron chi connectivity index (χ3n) is 4.65. The third-order valence-corrected chi connectivity index (χ3v) is 6.01. The van der Waals surface area contributed by atoms with Crippen molar-refractivity contribution in [3.8, 4) is 0 Å². The average molecular weight is 310 g/mol. The summed E-state index contributed by atoms with van der Waals surface area (Å²) >= 11 is 8.16. The Morgan fingerprint density at radius 2 is 2.15 bits per heavy atom. The molecule has 1 saturated carbocycles.